The number of alkyl halides is 3. The van der Waals surface area contributed by atoms with Crippen molar-refractivity contribution in [1.29, 1.82) is 0 Å². The Balaban J connectivity index is 2.60. The lowest BCUT2D eigenvalue weighted by atomic mass is 10.1. The van der Waals surface area contributed by atoms with Crippen LogP contribution in [-0.4, -0.2) is 18.1 Å². The quantitative estimate of drug-likeness (QED) is 0.809. The lowest BCUT2D eigenvalue weighted by molar-refractivity contribution is -0.138. The summed E-state index contributed by atoms with van der Waals surface area (Å²) in [4.78, 5) is 0. The van der Waals surface area contributed by atoms with Crippen LogP contribution in [0.2, 0.25) is 0 Å². The van der Waals surface area contributed by atoms with E-state index in [1.54, 1.807) is 6.07 Å². The molecule has 1 aromatic carbocycles. The summed E-state index contributed by atoms with van der Waals surface area (Å²) in [6.45, 7) is 9.38. The van der Waals surface area contributed by atoms with Crippen LogP contribution in [0, 0.1) is 0 Å². The summed E-state index contributed by atoms with van der Waals surface area (Å²) < 4.78 is 38.5. The molecule has 0 aromatic heterocycles. The highest BCUT2D eigenvalue weighted by Gasteiger charge is 2.33. The number of halogens is 4. The van der Waals surface area contributed by atoms with Crippen molar-refractivity contribution in [2.75, 3.05) is 6.54 Å². The largest absolute Gasteiger partial charge is 0.417 e. The molecule has 0 heterocycles. The Morgan fingerprint density at radius 2 is 1.81 bits per heavy atom. The second kappa shape index (κ2) is 7.11. The first-order valence-electron chi connectivity index (χ1n) is 6.83. The number of hydrogen-bond acceptors (Lipinski definition) is 2. The van der Waals surface area contributed by atoms with Crippen molar-refractivity contribution in [3.8, 4) is 0 Å². The molecule has 0 amide bonds. The Morgan fingerprint density at radius 3 is 2.33 bits per heavy atom. The standard InChI is InChI=1S/C15H22BrF3N2/c1-10(8-21-14(2,3)4)20-9-11-5-6-13(16)12(7-11)15(17,18)19/h5-7,10,20-21H,8-9H2,1-4H3. The van der Waals surface area contributed by atoms with Gasteiger partial charge in [-0.2, -0.15) is 13.2 Å². The first-order valence-corrected chi connectivity index (χ1v) is 7.62. The lowest BCUT2D eigenvalue weighted by Crippen LogP contribution is -2.44. The van der Waals surface area contributed by atoms with Crippen LogP contribution in [0.5, 0.6) is 0 Å². The van der Waals surface area contributed by atoms with Crippen LogP contribution in [0.1, 0.15) is 38.8 Å². The molecule has 120 valence electrons. The Hall–Kier alpha value is -0.590. The van der Waals surface area contributed by atoms with E-state index in [1.807, 2.05) is 6.92 Å². The first kappa shape index (κ1) is 18.5. The van der Waals surface area contributed by atoms with Gasteiger partial charge in [-0.25, -0.2) is 0 Å². The van der Waals surface area contributed by atoms with Crippen molar-refractivity contribution in [2.45, 2.75) is 52.0 Å². The maximum absolute atomic E-state index is 12.8. The zero-order chi connectivity index (χ0) is 16.3. The van der Waals surface area contributed by atoms with Gasteiger partial charge in [-0.15, -0.1) is 0 Å². The molecular formula is C15H22BrF3N2. The summed E-state index contributed by atoms with van der Waals surface area (Å²) >= 11 is 2.94. The summed E-state index contributed by atoms with van der Waals surface area (Å²) in [6.07, 6.45) is -4.34. The molecule has 0 aliphatic carbocycles. The van der Waals surface area contributed by atoms with Crippen molar-refractivity contribution >= 4 is 15.9 Å². The van der Waals surface area contributed by atoms with Crippen molar-refractivity contribution in [3.63, 3.8) is 0 Å². The van der Waals surface area contributed by atoms with E-state index in [0.717, 1.165) is 6.54 Å². The minimum Gasteiger partial charge on any atom is -0.311 e. The van der Waals surface area contributed by atoms with Gasteiger partial charge in [0.1, 0.15) is 0 Å². The maximum atomic E-state index is 12.8. The fourth-order valence-electron chi connectivity index (χ4n) is 1.72. The summed E-state index contributed by atoms with van der Waals surface area (Å²) in [7, 11) is 0. The SMILES string of the molecule is CC(CNC(C)(C)C)NCc1ccc(Br)c(C(F)(F)F)c1. The smallest absolute Gasteiger partial charge is 0.311 e. The van der Waals surface area contributed by atoms with Crippen LogP contribution in [0.4, 0.5) is 13.2 Å². The molecule has 0 saturated heterocycles. The summed E-state index contributed by atoms with van der Waals surface area (Å²) in [6, 6.07) is 4.48. The highest BCUT2D eigenvalue weighted by Crippen LogP contribution is 2.35. The predicted octanol–water partition coefficient (Wildman–Crippen LogP) is 4.33. The highest BCUT2D eigenvalue weighted by atomic mass is 79.9. The molecule has 0 saturated carbocycles. The Bertz CT molecular complexity index is 467. The van der Waals surface area contributed by atoms with Gasteiger partial charge in [0.25, 0.3) is 0 Å². The average Bonchev–Trinajstić information content (AvgIpc) is 2.33. The molecule has 1 unspecified atom stereocenters. The molecule has 0 radical (unpaired) electrons. The van der Waals surface area contributed by atoms with Crippen LogP contribution in [0.3, 0.4) is 0 Å². The minimum atomic E-state index is -4.34. The van der Waals surface area contributed by atoms with Crippen molar-refractivity contribution < 1.29 is 13.2 Å². The fourth-order valence-corrected chi connectivity index (χ4v) is 2.19. The molecule has 21 heavy (non-hydrogen) atoms. The third kappa shape index (κ3) is 6.80. The zero-order valence-electron chi connectivity index (χ0n) is 12.7. The van der Waals surface area contributed by atoms with Gasteiger partial charge in [0.2, 0.25) is 0 Å². The molecule has 0 spiro atoms. The number of benzene rings is 1. The second-order valence-corrected chi connectivity index (χ2v) is 7.08. The molecule has 1 rings (SSSR count). The molecule has 1 aromatic rings. The predicted molar refractivity (Wildman–Crippen MR) is 83.2 cm³/mol. The molecule has 0 fully saturated rings. The molecule has 0 aliphatic heterocycles. The first-order chi connectivity index (χ1) is 9.49. The molecule has 0 bridgehead atoms. The Labute approximate surface area is 132 Å². The van der Waals surface area contributed by atoms with Gasteiger partial charge in [0.15, 0.2) is 0 Å². The van der Waals surface area contributed by atoms with E-state index < -0.39 is 11.7 Å². The van der Waals surface area contributed by atoms with Crippen LogP contribution < -0.4 is 10.6 Å². The van der Waals surface area contributed by atoms with Crippen LogP contribution in [-0.2, 0) is 12.7 Å². The van der Waals surface area contributed by atoms with Gasteiger partial charge >= 0.3 is 6.18 Å². The van der Waals surface area contributed by atoms with Gasteiger partial charge < -0.3 is 10.6 Å². The lowest BCUT2D eigenvalue weighted by Gasteiger charge is -2.24. The third-order valence-corrected chi connectivity index (χ3v) is 3.62. The van der Waals surface area contributed by atoms with Crippen molar-refractivity contribution in [3.05, 3.63) is 33.8 Å². The summed E-state index contributed by atoms with van der Waals surface area (Å²) in [5, 5.41) is 6.58. The molecule has 2 nitrogen and oxygen atoms in total. The molecule has 2 N–H and O–H groups in total. The minimum absolute atomic E-state index is 0.0248. The van der Waals surface area contributed by atoms with Crippen LogP contribution in [0.25, 0.3) is 0 Å². The molecular weight excluding hydrogens is 345 g/mol. The zero-order valence-corrected chi connectivity index (χ0v) is 14.3. The summed E-state index contributed by atoms with van der Waals surface area (Å²) in [5.74, 6) is 0. The van der Waals surface area contributed by atoms with Gasteiger partial charge in [0.05, 0.1) is 5.56 Å². The van der Waals surface area contributed by atoms with E-state index in [0.29, 0.717) is 12.1 Å². The highest BCUT2D eigenvalue weighted by molar-refractivity contribution is 9.10. The van der Waals surface area contributed by atoms with E-state index in [-0.39, 0.29) is 16.1 Å². The topological polar surface area (TPSA) is 24.1 Å². The fraction of sp³-hybridized carbons (Fsp3) is 0.600. The number of rotatable bonds is 5. The van der Waals surface area contributed by atoms with Crippen LogP contribution >= 0.6 is 15.9 Å². The van der Waals surface area contributed by atoms with E-state index in [1.165, 1.54) is 12.1 Å². The summed E-state index contributed by atoms with van der Waals surface area (Å²) in [5.41, 5.74) is 0.00666. The monoisotopic (exact) mass is 366 g/mol. The number of nitrogens with one attached hydrogen (secondary N) is 2. The van der Waals surface area contributed by atoms with Gasteiger partial charge in [-0.05, 0) is 45.4 Å². The van der Waals surface area contributed by atoms with E-state index >= 15 is 0 Å². The van der Waals surface area contributed by atoms with Crippen molar-refractivity contribution in [2.24, 2.45) is 0 Å². The second-order valence-electron chi connectivity index (χ2n) is 6.22. The Kier molecular flexibility index (Phi) is 6.25. The molecule has 1 atom stereocenters. The van der Waals surface area contributed by atoms with E-state index in [4.69, 9.17) is 0 Å². The third-order valence-electron chi connectivity index (χ3n) is 2.93. The van der Waals surface area contributed by atoms with Crippen LogP contribution in [0.15, 0.2) is 22.7 Å². The molecule has 6 heteroatoms. The van der Waals surface area contributed by atoms with E-state index in [2.05, 4.69) is 47.3 Å². The van der Waals surface area contributed by atoms with Gasteiger partial charge in [-0.3, -0.25) is 0 Å². The number of hydrogen-bond donors (Lipinski definition) is 2. The average molecular weight is 367 g/mol. The Morgan fingerprint density at radius 1 is 1.19 bits per heavy atom. The van der Waals surface area contributed by atoms with E-state index in [9.17, 15) is 13.2 Å². The maximum Gasteiger partial charge on any atom is 0.417 e. The normalized spacial score (nSPS) is 14.3. The van der Waals surface area contributed by atoms with Gasteiger partial charge in [0, 0.05) is 29.1 Å². The van der Waals surface area contributed by atoms with Crippen molar-refractivity contribution in [1.82, 2.24) is 10.6 Å². The van der Waals surface area contributed by atoms with Gasteiger partial charge in [-0.1, -0.05) is 22.0 Å². The molecule has 0 aliphatic rings.